The molecule has 0 radical (unpaired) electrons. The minimum absolute atomic E-state index is 0.000857. The van der Waals surface area contributed by atoms with Crippen LogP contribution in [0.3, 0.4) is 0 Å². The highest BCUT2D eigenvalue weighted by molar-refractivity contribution is 7.92. The maximum Gasteiger partial charge on any atom is 0.263 e. The van der Waals surface area contributed by atoms with Crippen molar-refractivity contribution in [1.82, 2.24) is 14.8 Å². The molecule has 4 aromatic rings. The van der Waals surface area contributed by atoms with Gasteiger partial charge >= 0.3 is 0 Å². The van der Waals surface area contributed by atoms with Crippen molar-refractivity contribution in [3.63, 3.8) is 0 Å². The van der Waals surface area contributed by atoms with Crippen molar-refractivity contribution in [2.45, 2.75) is 17.2 Å². The number of anilines is 1. The number of hydrogen-bond acceptors (Lipinski definition) is 5. The van der Waals surface area contributed by atoms with E-state index in [4.69, 9.17) is 16.3 Å². The van der Waals surface area contributed by atoms with E-state index in [1.165, 1.54) is 24.3 Å². The summed E-state index contributed by atoms with van der Waals surface area (Å²) < 4.78 is 49.1. The van der Waals surface area contributed by atoms with Crippen LogP contribution in [0.1, 0.15) is 23.5 Å². The number of hydrogen-bond donors (Lipinski definition) is 1. The third-order valence-corrected chi connectivity index (χ3v) is 7.36. The number of pyridine rings is 1. The van der Waals surface area contributed by atoms with E-state index in [9.17, 15) is 12.8 Å². The SMILES string of the molecule is Cn1nccc1-c1cc(Cl)ccc1[C@@H]1CCOc2cc(S(=O)(=O)Nc3cccc(F)n3)ccc21. The third kappa shape index (κ3) is 4.24. The third-order valence-electron chi connectivity index (χ3n) is 5.78. The van der Waals surface area contributed by atoms with Gasteiger partial charge in [-0.2, -0.15) is 9.49 Å². The normalized spacial score (nSPS) is 15.4. The molecular formula is C24H20ClFN4O3S. The predicted octanol–water partition coefficient (Wildman–Crippen LogP) is 4.99. The van der Waals surface area contributed by atoms with Crippen LogP contribution in [-0.4, -0.2) is 29.8 Å². The van der Waals surface area contributed by atoms with Crippen LogP contribution >= 0.6 is 11.6 Å². The summed E-state index contributed by atoms with van der Waals surface area (Å²) in [7, 11) is -2.12. The Balaban J connectivity index is 1.53. The summed E-state index contributed by atoms with van der Waals surface area (Å²) in [5, 5.41) is 4.89. The number of sulfonamides is 1. The molecule has 0 fully saturated rings. The highest BCUT2D eigenvalue weighted by Gasteiger charge is 2.28. The smallest absolute Gasteiger partial charge is 0.263 e. The molecule has 7 nitrogen and oxygen atoms in total. The van der Waals surface area contributed by atoms with E-state index >= 15 is 0 Å². The number of benzene rings is 2. The van der Waals surface area contributed by atoms with Crippen LogP contribution in [-0.2, 0) is 17.1 Å². The lowest BCUT2D eigenvalue weighted by Gasteiger charge is -2.28. The maximum atomic E-state index is 13.4. The Labute approximate surface area is 201 Å². The van der Waals surface area contributed by atoms with Crippen molar-refractivity contribution in [1.29, 1.82) is 0 Å². The van der Waals surface area contributed by atoms with Crippen LogP contribution in [0, 0.1) is 5.95 Å². The van der Waals surface area contributed by atoms with Gasteiger partial charge in [-0.05, 0) is 48.4 Å². The molecule has 1 aliphatic heterocycles. The van der Waals surface area contributed by atoms with E-state index < -0.39 is 16.0 Å². The first-order valence-corrected chi connectivity index (χ1v) is 12.4. The van der Waals surface area contributed by atoms with Crippen molar-refractivity contribution in [3.05, 3.63) is 89.0 Å². The lowest BCUT2D eigenvalue weighted by molar-refractivity contribution is 0.276. The summed E-state index contributed by atoms with van der Waals surface area (Å²) in [5.74, 6) is -0.416. The molecule has 1 N–H and O–H groups in total. The molecule has 1 atom stereocenters. The Kier molecular flexibility index (Phi) is 5.75. The van der Waals surface area contributed by atoms with Crippen molar-refractivity contribution in [2.75, 3.05) is 11.3 Å². The topological polar surface area (TPSA) is 86.1 Å². The second-order valence-electron chi connectivity index (χ2n) is 7.91. The Morgan fingerprint density at radius 2 is 1.94 bits per heavy atom. The molecule has 5 rings (SSSR count). The van der Waals surface area contributed by atoms with Gasteiger partial charge in [-0.15, -0.1) is 0 Å². The van der Waals surface area contributed by atoms with E-state index in [0.717, 1.165) is 34.9 Å². The fourth-order valence-electron chi connectivity index (χ4n) is 4.21. The second kappa shape index (κ2) is 8.73. The zero-order valence-electron chi connectivity index (χ0n) is 18.1. The number of rotatable bonds is 5. The number of ether oxygens (including phenoxy) is 1. The van der Waals surface area contributed by atoms with Crippen molar-refractivity contribution in [2.24, 2.45) is 7.05 Å². The number of aryl methyl sites for hydroxylation is 1. The van der Waals surface area contributed by atoms with E-state index in [-0.39, 0.29) is 16.6 Å². The molecule has 0 saturated heterocycles. The molecule has 10 heteroatoms. The lowest BCUT2D eigenvalue weighted by atomic mass is 9.83. The van der Waals surface area contributed by atoms with Gasteiger partial charge in [0.2, 0.25) is 5.95 Å². The standard InChI is InChI=1S/C24H20ClFN4O3S/c1-30-21(9-11-27-30)20-13-15(25)5-7-17(20)18-10-12-33-22-14-16(6-8-19(18)22)34(31,32)29-24-4-2-3-23(26)28-24/h2-9,11,13-14,18H,10,12H2,1H3,(H,28,29)/t18-/m0/s1. The number of nitrogens with one attached hydrogen (secondary N) is 1. The highest BCUT2D eigenvalue weighted by atomic mass is 35.5. The Bertz CT molecular complexity index is 1490. The van der Waals surface area contributed by atoms with Crippen LogP contribution in [0.25, 0.3) is 11.3 Å². The minimum Gasteiger partial charge on any atom is -0.493 e. The van der Waals surface area contributed by atoms with Gasteiger partial charge < -0.3 is 4.74 Å². The fourth-order valence-corrected chi connectivity index (χ4v) is 5.40. The number of fused-ring (bicyclic) bond motifs is 1. The largest absolute Gasteiger partial charge is 0.493 e. The van der Waals surface area contributed by atoms with Gasteiger partial charge in [0, 0.05) is 41.4 Å². The van der Waals surface area contributed by atoms with Gasteiger partial charge in [0.25, 0.3) is 10.0 Å². The first kappa shape index (κ1) is 22.4. The summed E-state index contributed by atoms with van der Waals surface area (Å²) in [6.45, 7) is 0.424. The molecule has 0 amide bonds. The molecule has 2 aromatic carbocycles. The lowest BCUT2D eigenvalue weighted by Crippen LogP contribution is -2.18. The molecule has 3 heterocycles. The first-order chi connectivity index (χ1) is 16.3. The highest BCUT2D eigenvalue weighted by Crippen LogP contribution is 2.43. The molecule has 0 bridgehead atoms. The van der Waals surface area contributed by atoms with Gasteiger partial charge in [0.1, 0.15) is 11.6 Å². The number of nitrogens with zero attached hydrogens (tertiary/aromatic N) is 3. The van der Waals surface area contributed by atoms with Gasteiger partial charge in [-0.25, -0.2) is 13.4 Å². The summed E-state index contributed by atoms with van der Waals surface area (Å²) in [4.78, 5) is 3.57. The average molecular weight is 499 g/mol. The van der Waals surface area contributed by atoms with Crippen LogP contribution in [0.5, 0.6) is 5.75 Å². The first-order valence-electron chi connectivity index (χ1n) is 10.5. The van der Waals surface area contributed by atoms with Crippen molar-refractivity contribution < 1.29 is 17.5 Å². The fraction of sp³-hybridized carbons (Fsp3) is 0.167. The van der Waals surface area contributed by atoms with E-state index in [2.05, 4.69) is 14.8 Å². The molecule has 0 aliphatic carbocycles. The van der Waals surface area contributed by atoms with Crippen LogP contribution in [0.2, 0.25) is 5.02 Å². The molecule has 0 saturated carbocycles. The van der Waals surface area contributed by atoms with Gasteiger partial charge in [0.15, 0.2) is 0 Å². The van der Waals surface area contributed by atoms with Crippen molar-refractivity contribution >= 4 is 27.4 Å². The van der Waals surface area contributed by atoms with Gasteiger partial charge in [0.05, 0.1) is 17.2 Å². The Hall–Kier alpha value is -3.43. The molecule has 2 aromatic heterocycles. The Morgan fingerprint density at radius 3 is 2.71 bits per heavy atom. The molecule has 0 spiro atoms. The maximum absolute atomic E-state index is 13.4. The van der Waals surface area contributed by atoms with Gasteiger partial charge in [-0.3, -0.25) is 9.40 Å². The van der Waals surface area contributed by atoms with Crippen LogP contribution in [0.4, 0.5) is 10.2 Å². The van der Waals surface area contributed by atoms with Crippen LogP contribution < -0.4 is 9.46 Å². The van der Waals surface area contributed by atoms with Gasteiger partial charge in [-0.1, -0.05) is 29.8 Å². The zero-order valence-corrected chi connectivity index (χ0v) is 19.6. The summed E-state index contributed by atoms with van der Waals surface area (Å²) >= 11 is 6.32. The Morgan fingerprint density at radius 1 is 1.12 bits per heavy atom. The van der Waals surface area contributed by atoms with Crippen LogP contribution in [0.15, 0.2) is 71.8 Å². The van der Waals surface area contributed by atoms with E-state index in [1.807, 2.05) is 31.3 Å². The quantitative estimate of drug-likeness (QED) is 0.392. The minimum atomic E-state index is -3.99. The van der Waals surface area contributed by atoms with E-state index in [1.54, 1.807) is 16.9 Å². The average Bonchev–Trinajstić information content (AvgIpc) is 3.24. The van der Waals surface area contributed by atoms with E-state index in [0.29, 0.717) is 17.4 Å². The van der Waals surface area contributed by atoms with Crippen molar-refractivity contribution in [3.8, 4) is 17.0 Å². The summed E-state index contributed by atoms with van der Waals surface area (Å²) in [5.41, 5.74) is 3.81. The molecule has 34 heavy (non-hydrogen) atoms. The number of halogens is 2. The summed E-state index contributed by atoms with van der Waals surface area (Å²) in [6.07, 6.45) is 2.45. The zero-order chi connectivity index (χ0) is 23.9. The second-order valence-corrected chi connectivity index (χ2v) is 10.0. The summed E-state index contributed by atoms with van der Waals surface area (Å²) in [6, 6.07) is 16.3. The number of aromatic nitrogens is 3. The molecule has 1 aliphatic rings. The molecular weight excluding hydrogens is 479 g/mol. The molecule has 174 valence electrons. The predicted molar refractivity (Wildman–Crippen MR) is 127 cm³/mol. The monoisotopic (exact) mass is 498 g/mol. The molecule has 0 unspecified atom stereocenters.